The van der Waals surface area contributed by atoms with Crippen LogP contribution in [-0.2, 0) is 6.42 Å². The van der Waals surface area contributed by atoms with Gasteiger partial charge >= 0.3 is 0 Å². The zero-order valence-corrected chi connectivity index (χ0v) is 12.6. The van der Waals surface area contributed by atoms with Crippen LogP contribution >= 0.6 is 0 Å². The smallest absolute Gasteiger partial charge is 0.115 e. The van der Waals surface area contributed by atoms with Crippen molar-refractivity contribution in [3.8, 4) is 5.75 Å². The number of phenolic OH excluding ortho intramolecular Hbond substituents is 1. The Labute approximate surface area is 123 Å². The lowest BCUT2D eigenvalue weighted by Crippen LogP contribution is -2.18. The van der Waals surface area contributed by atoms with Gasteiger partial charge < -0.3 is 5.11 Å². The third-order valence-electron chi connectivity index (χ3n) is 5.61. The van der Waals surface area contributed by atoms with E-state index in [0.29, 0.717) is 5.75 Å². The number of benzene rings is 1. The van der Waals surface area contributed by atoms with Crippen molar-refractivity contribution in [1.82, 2.24) is 0 Å². The maximum Gasteiger partial charge on any atom is 0.115 e. The molecule has 1 aromatic rings. The van der Waals surface area contributed by atoms with E-state index in [1.807, 2.05) is 12.1 Å². The average Bonchev–Trinajstić information content (AvgIpc) is 3.12. The minimum atomic E-state index is 0.391. The molecule has 0 aromatic heterocycles. The van der Waals surface area contributed by atoms with E-state index in [0.717, 1.165) is 17.8 Å². The van der Waals surface area contributed by atoms with Gasteiger partial charge in [-0.2, -0.15) is 0 Å². The zero-order chi connectivity index (χ0) is 13.8. The fourth-order valence-corrected chi connectivity index (χ4v) is 4.48. The van der Waals surface area contributed by atoms with E-state index in [2.05, 4.69) is 12.1 Å². The molecule has 0 aliphatic heterocycles. The summed E-state index contributed by atoms with van der Waals surface area (Å²) >= 11 is 0. The standard InChI is InChI=1S/C19H28O/c20-19-11-9-16(10-12-19)14-18(17-7-3-4-8-17)13-15-5-1-2-6-15/h9-12,15,17-18,20H,1-8,13-14H2. The first-order chi connectivity index (χ1) is 9.81. The van der Waals surface area contributed by atoms with Crippen LogP contribution in [-0.4, -0.2) is 5.11 Å². The molecule has 3 rings (SSSR count). The van der Waals surface area contributed by atoms with Crippen LogP contribution in [0.5, 0.6) is 5.75 Å². The Kier molecular flexibility index (Phi) is 4.65. The number of hydrogen-bond acceptors (Lipinski definition) is 1. The van der Waals surface area contributed by atoms with Crippen LogP contribution < -0.4 is 0 Å². The monoisotopic (exact) mass is 272 g/mol. The predicted octanol–water partition coefficient (Wildman–Crippen LogP) is 5.32. The van der Waals surface area contributed by atoms with Crippen LogP contribution in [0.15, 0.2) is 24.3 Å². The fourth-order valence-electron chi connectivity index (χ4n) is 4.48. The maximum atomic E-state index is 9.43. The lowest BCUT2D eigenvalue weighted by molar-refractivity contribution is 0.268. The number of rotatable bonds is 5. The SMILES string of the molecule is Oc1ccc(CC(CC2CCCC2)C2CCCC2)cc1. The van der Waals surface area contributed by atoms with Gasteiger partial charge in [-0.1, -0.05) is 63.5 Å². The molecule has 1 nitrogen and oxygen atoms in total. The molecule has 1 atom stereocenters. The van der Waals surface area contributed by atoms with Gasteiger partial charge in [0.15, 0.2) is 0 Å². The van der Waals surface area contributed by atoms with Crippen LogP contribution in [0.2, 0.25) is 0 Å². The minimum Gasteiger partial charge on any atom is -0.508 e. The van der Waals surface area contributed by atoms with Crippen LogP contribution in [0.1, 0.15) is 63.4 Å². The van der Waals surface area contributed by atoms with Gasteiger partial charge in [0.25, 0.3) is 0 Å². The first-order valence-electron chi connectivity index (χ1n) is 8.59. The molecule has 0 bridgehead atoms. The van der Waals surface area contributed by atoms with Crippen LogP contribution in [0.25, 0.3) is 0 Å². The van der Waals surface area contributed by atoms with Gasteiger partial charge in [0.05, 0.1) is 0 Å². The topological polar surface area (TPSA) is 20.2 Å². The first kappa shape index (κ1) is 14.0. The van der Waals surface area contributed by atoms with E-state index in [-0.39, 0.29) is 0 Å². The van der Waals surface area contributed by atoms with Gasteiger partial charge in [-0.05, 0) is 48.3 Å². The molecule has 20 heavy (non-hydrogen) atoms. The summed E-state index contributed by atoms with van der Waals surface area (Å²) < 4.78 is 0. The molecule has 0 saturated heterocycles. The van der Waals surface area contributed by atoms with Crippen molar-refractivity contribution in [2.45, 2.75) is 64.2 Å². The van der Waals surface area contributed by atoms with Gasteiger partial charge in [0.2, 0.25) is 0 Å². The third-order valence-corrected chi connectivity index (χ3v) is 5.61. The Morgan fingerprint density at radius 1 is 0.900 bits per heavy atom. The highest BCUT2D eigenvalue weighted by Gasteiger charge is 2.28. The maximum absolute atomic E-state index is 9.43. The highest BCUT2D eigenvalue weighted by Crippen LogP contribution is 2.40. The third kappa shape index (κ3) is 3.56. The summed E-state index contributed by atoms with van der Waals surface area (Å²) in [5.41, 5.74) is 1.41. The Morgan fingerprint density at radius 3 is 2.15 bits per heavy atom. The molecule has 2 aliphatic rings. The summed E-state index contributed by atoms with van der Waals surface area (Å²) in [6.07, 6.45) is 14.3. The van der Waals surface area contributed by atoms with E-state index in [9.17, 15) is 5.11 Å². The lowest BCUT2D eigenvalue weighted by Gasteiger charge is -2.26. The number of aromatic hydroxyl groups is 1. The zero-order valence-electron chi connectivity index (χ0n) is 12.6. The lowest BCUT2D eigenvalue weighted by atomic mass is 9.79. The summed E-state index contributed by atoms with van der Waals surface area (Å²) in [5, 5.41) is 9.43. The summed E-state index contributed by atoms with van der Waals surface area (Å²) in [7, 11) is 0. The quantitative estimate of drug-likeness (QED) is 0.769. The average molecular weight is 272 g/mol. The Balaban J connectivity index is 1.65. The van der Waals surface area contributed by atoms with Crippen molar-refractivity contribution in [3.05, 3.63) is 29.8 Å². The van der Waals surface area contributed by atoms with Crippen LogP contribution in [0, 0.1) is 17.8 Å². The highest BCUT2D eigenvalue weighted by atomic mass is 16.3. The van der Waals surface area contributed by atoms with E-state index < -0.39 is 0 Å². The molecule has 2 fully saturated rings. The molecule has 1 heteroatoms. The number of hydrogen-bond donors (Lipinski definition) is 1. The second-order valence-electron chi connectivity index (χ2n) is 7.06. The molecule has 2 saturated carbocycles. The van der Waals surface area contributed by atoms with Gasteiger partial charge in [0.1, 0.15) is 5.75 Å². The first-order valence-corrected chi connectivity index (χ1v) is 8.59. The molecule has 1 unspecified atom stereocenters. The van der Waals surface area contributed by atoms with Crippen LogP contribution in [0.4, 0.5) is 0 Å². The molecular formula is C19H28O. The van der Waals surface area contributed by atoms with Gasteiger partial charge in [-0.3, -0.25) is 0 Å². The molecule has 110 valence electrons. The Morgan fingerprint density at radius 2 is 1.50 bits per heavy atom. The molecule has 2 aliphatic carbocycles. The predicted molar refractivity (Wildman–Crippen MR) is 83.8 cm³/mol. The second-order valence-corrected chi connectivity index (χ2v) is 7.06. The Hall–Kier alpha value is -0.980. The van der Waals surface area contributed by atoms with Crippen molar-refractivity contribution >= 4 is 0 Å². The molecule has 1 N–H and O–H groups in total. The molecule has 0 radical (unpaired) electrons. The van der Waals surface area contributed by atoms with Crippen molar-refractivity contribution in [3.63, 3.8) is 0 Å². The van der Waals surface area contributed by atoms with Gasteiger partial charge in [-0.15, -0.1) is 0 Å². The molecule has 1 aromatic carbocycles. The summed E-state index contributed by atoms with van der Waals surface area (Å²) in [6, 6.07) is 7.92. The molecule has 0 amide bonds. The molecular weight excluding hydrogens is 244 g/mol. The summed E-state index contributed by atoms with van der Waals surface area (Å²) in [4.78, 5) is 0. The molecule has 0 heterocycles. The van der Waals surface area contributed by atoms with E-state index in [4.69, 9.17) is 0 Å². The van der Waals surface area contributed by atoms with Crippen molar-refractivity contribution in [2.24, 2.45) is 17.8 Å². The Bertz CT molecular complexity index is 396. The van der Waals surface area contributed by atoms with Gasteiger partial charge in [0, 0.05) is 0 Å². The highest BCUT2D eigenvalue weighted by molar-refractivity contribution is 5.26. The van der Waals surface area contributed by atoms with Crippen molar-refractivity contribution in [1.29, 1.82) is 0 Å². The fraction of sp³-hybridized carbons (Fsp3) is 0.684. The van der Waals surface area contributed by atoms with Crippen LogP contribution in [0.3, 0.4) is 0 Å². The molecule has 0 spiro atoms. The van der Waals surface area contributed by atoms with E-state index in [1.54, 1.807) is 0 Å². The van der Waals surface area contributed by atoms with Crippen molar-refractivity contribution in [2.75, 3.05) is 0 Å². The van der Waals surface area contributed by atoms with Crippen molar-refractivity contribution < 1.29 is 5.11 Å². The second kappa shape index (κ2) is 6.65. The van der Waals surface area contributed by atoms with E-state index >= 15 is 0 Å². The summed E-state index contributed by atoms with van der Waals surface area (Å²) in [5.74, 6) is 3.23. The van der Waals surface area contributed by atoms with E-state index in [1.165, 1.54) is 69.8 Å². The minimum absolute atomic E-state index is 0.391. The van der Waals surface area contributed by atoms with Gasteiger partial charge in [-0.25, -0.2) is 0 Å². The number of phenols is 1. The normalized spacial score (nSPS) is 22.4. The summed E-state index contributed by atoms with van der Waals surface area (Å²) in [6.45, 7) is 0. The largest absolute Gasteiger partial charge is 0.508 e.